The fraction of sp³-hybridized carbons (Fsp3) is 0.950. The van der Waals surface area contributed by atoms with Crippen molar-refractivity contribution in [1.29, 1.82) is 0 Å². The number of hydrogen-bond donors (Lipinski definition) is 2. The van der Waals surface area contributed by atoms with Crippen molar-refractivity contribution in [3.05, 3.63) is 0 Å². The van der Waals surface area contributed by atoms with Crippen molar-refractivity contribution >= 4 is 29.9 Å². The maximum Gasteiger partial charge on any atom is 0.191 e. The highest BCUT2D eigenvalue weighted by Crippen LogP contribution is 2.25. The molecule has 0 aromatic heterocycles. The molecule has 0 heterocycles. The molecule has 1 aliphatic rings. The molecule has 0 atom stereocenters. The van der Waals surface area contributed by atoms with Gasteiger partial charge in [-0.1, -0.05) is 0 Å². The SMILES string of the molecule is CCNC(=NCCCN(C(C)C)C(C)C)NCCN(CCOC)C1CC1.I. The van der Waals surface area contributed by atoms with Crippen LogP contribution in [0.15, 0.2) is 4.99 Å². The van der Waals surface area contributed by atoms with Crippen LogP contribution in [0.1, 0.15) is 53.9 Å². The largest absolute Gasteiger partial charge is 0.383 e. The van der Waals surface area contributed by atoms with E-state index in [1.54, 1.807) is 7.11 Å². The Bertz CT molecular complexity index is 381. The predicted molar refractivity (Wildman–Crippen MR) is 127 cm³/mol. The summed E-state index contributed by atoms with van der Waals surface area (Å²) in [6.45, 7) is 17.9. The number of rotatable bonds is 14. The lowest BCUT2D eigenvalue weighted by Crippen LogP contribution is -2.43. The topological polar surface area (TPSA) is 52.1 Å². The average Bonchev–Trinajstić information content (AvgIpc) is 3.41. The van der Waals surface area contributed by atoms with Crippen LogP contribution in [0.25, 0.3) is 0 Å². The van der Waals surface area contributed by atoms with Gasteiger partial charge in [0, 0.05) is 64.5 Å². The van der Waals surface area contributed by atoms with E-state index in [1.807, 2.05) is 0 Å². The third kappa shape index (κ3) is 12.1. The van der Waals surface area contributed by atoms with Gasteiger partial charge in [0.2, 0.25) is 0 Å². The fourth-order valence-electron chi connectivity index (χ4n) is 3.34. The van der Waals surface area contributed by atoms with Crippen molar-refractivity contribution in [2.45, 2.75) is 72.0 Å². The van der Waals surface area contributed by atoms with Crippen molar-refractivity contribution in [3.63, 3.8) is 0 Å². The van der Waals surface area contributed by atoms with Crippen molar-refractivity contribution in [3.8, 4) is 0 Å². The first kappa shape index (κ1) is 26.9. The Balaban J connectivity index is 0.00000676. The summed E-state index contributed by atoms with van der Waals surface area (Å²) >= 11 is 0. The van der Waals surface area contributed by atoms with E-state index >= 15 is 0 Å². The summed E-state index contributed by atoms with van der Waals surface area (Å²) in [5, 5.41) is 6.85. The predicted octanol–water partition coefficient (Wildman–Crippen LogP) is 2.78. The first-order chi connectivity index (χ1) is 12.5. The molecule has 0 aliphatic heterocycles. The van der Waals surface area contributed by atoms with Gasteiger partial charge in [-0.05, 0) is 53.9 Å². The summed E-state index contributed by atoms with van der Waals surface area (Å²) in [6, 6.07) is 1.95. The van der Waals surface area contributed by atoms with Gasteiger partial charge in [-0.2, -0.15) is 0 Å². The maximum absolute atomic E-state index is 5.23. The lowest BCUT2D eigenvalue weighted by molar-refractivity contribution is 0.144. The standard InChI is InChI=1S/C20H43N5O.HI/c1-7-21-20(22-11-8-13-25(17(2)3)18(4)5)23-12-14-24(15-16-26-6)19-9-10-19;/h17-19H,7-16H2,1-6H3,(H2,21,22,23);1H. The number of nitrogens with one attached hydrogen (secondary N) is 2. The van der Waals surface area contributed by atoms with E-state index in [2.05, 4.69) is 55.1 Å². The van der Waals surface area contributed by atoms with Gasteiger partial charge in [-0.25, -0.2) is 0 Å². The lowest BCUT2D eigenvalue weighted by Gasteiger charge is -2.30. The number of guanidine groups is 1. The number of methoxy groups -OCH3 is 1. The Morgan fingerprint density at radius 1 is 1.07 bits per heavy atom. The molecule has 0 amide bonds. The minimum absolute atomic E-state index is 0. The molecule has 0 unspecified atom stereocenters. The van der Waals surface area contributed by atoms with Crippen LogP contribution in [-0.4, -0.2) is 86.9 Å². The number of ether oxygens (including phenoxy) is 1. The molecule has 7 heteroatoms. The zero-order valence-electron chi connectivity index (χ0n) is 18.5. The second kappa shape index (κ2) is 15.8. The Labute approximate surface area is 184 Å². The highest BCUT2D eigenvalue weighted by molar-refractivity contribution is 14.0. The molecule has 0 radical (unpaired) electrons. The van der Waals surface area contributed by atoms with E-state index in [0.29, 0.717) is 12.1 Å². The number of aliphatic imine (C=N–C) groups is 1. The molecule has 1 fully saturated rings. The summed E-state index contributed by atoms with van der Waals surface area (Å²) in [4.78, 5) is 9.81. The molecule has 2 N–H and O–H groups in total. The minimum Gasteiger partial charge on any atom is -0.383 e. The summed E-state index contributed by atoms with van der Waals surface area (Å²) in [6.07, 6.45) is 3.76. The van der Waals surface area contributed by atoms with Gasteiger partial charge in [0.1, 0.15) is 0 Å². The van der Waals surface area contributed by atoms with Crippen molar-refractivity contribution in [2.75, 3.05) is 53.0 Å². The average molecular weight is 498 g/mol. The molecule has 0 aromatic carbocycles. The molecule has 1 saturated carbocycles. The minimum atomic E-state index is 0. The zero-order valence-corrected chi connectivity index (χ0v) is 20.8. The Hall–Kier alpha value is -0.120. The van der Waals surface area contributed by atoms with Gasteiger partial charge >= 0.3 is 0 Å². The van der Waals surface area contributed by atoms with Gasteiger partial charge in [-0.15, -0.1) is 24.0 Å². The quantitative estimate of drug-likeness (QED) is 0.167. The molecule has 6 nitrogen and oxygen atoms in total. The second-order valence-corrected chi connectivity index (χ2v) is 7.73. The van der Waals surface area contributed by atoms with Gasteiger partial charge < -0.3 is 15.4 Å². The molecule has 0 aromatic rings. The molecule has 1 rings (SSSR count). The molecule has 0 spiro atoms. The van der Waals surface area contributed by atoms with E-state index in [-0.39, 0.29) is 24.0 Å². The Morgan fingerprint density at radius 2 is 1.74 bits per heavy atom. The summed E-state index contributed by atoms with van der Waals surface area (Å²) in [7, 11) is 1.78. The Kier molecular flexibility index (Phi) is 15.7. The van der Waals surface area contributed by atoms with Crippen LogP contribution in [-0.2, 0) is 4.74 Å². The van der Waals surface area contributed by atoms with Gasteiger partial charge in [0.05, 0.1) is 6.61 Å². The normalized spacial score (nSPS) is 15.0. The third-order valence-electron chi connectivity index (χ3n) is 4.85. The molecular weight excluding hydrogens is 453 g/mol. The molecule has 1 aliphatic carbocycles. The Morgan fingerprint density at radius 3 is 2.26 bits per heavy atom. The molecule has 0 bridgehead atoms. The fourth-order valence-corrected chi connectivity index (χ4v) is 3.34. The molecular formula is C20H44IN5O. The summed E-state index contributed by atoms with van der Waals surface area (Å²) in [5.74, 6) is 0.940. The smallest absolute Gasteiger partial charge is 0.191 e. The molecule has 162 valence electrons. The number of halogens is 1. The summed E-state index contributed by atoms with van der Waals surface area (Å²) in [5.41, 5.74) is 0. The van der Waals surface area contributed by atoms with Crippen LogP contribution in [0.5, 0.6) is 0 Å². The van der Waals surface area contributed by atoms with Crippen LogP contribution in [0.3, 0.4) is 0 Å². The van der Waals surface area contributed by atoms with Gasteiger partial charge in [0.25, 0.3) is 0 Å². The highest BCUT2D eigenvalue weighted by Gasteiger charge is 2.28. The van der Waals surface area contributed by atoms with Crippen molar-refractivity contribution in [2.24, 2.45) is 4.99 Å². The molecule has 27 heavy (non-hydrogen) atoms. The van der Waals surface area contributed by atoms with Gasteiger partial charge in [-0.3, -0.25) is 14.8 Å². The third-order valence-corrected chi connectivity index (χ3v) is 4.85. The van der Waals surface area contributed by atoms with Crippen LogP contribution in [0.4, 0.5) is 0 Å². The molecule has 0 saturated heterocycles. The van der Waals surface area contributed by atoms with E-state index < -0.39 is 0 Å². The monoisotopic (exact) mass is 497 g/mol. The van der Waals surface area contributed by atoms with Gasteiger partial charge in [0.15, 0.2) is 5.96 Å². The lowest BCUT2D eigenvalue weighted by atomic mass is 10.2. The highest BCUT2D eigenvalue weighted by atomic mass is 127. The van der Waals surface area contributed by atoms with E-state index in [9.17, 15) is 0 Å². The van der Waals surface area contributed by atoms with Crippen LogP contribution < -0.4 is 10.6 Å². The number of hydrogen-bond acceptors (Lipinski definition) is 4. The van der Waals surface area contributed by atoms with Crippen molar-refractivity contribution in [1.82, 2.24) is 20.4 Å². The van der Waals surface area contributed by atoms with E-state index in [4.69, 9.17) is 9.73 Å². The maximum atomic E-state index is 5.23. The van der Waals surface area contributed by atoms with Crippen LogP contribution in [0, 0.1) is 0 Å². The van der Waals surface area contributed by atoms with E-state index in [1.165, 1.54) is 12.8 Å². The summed E-state index contributed by atoms with van der Waals surface area (Å²) < 4.78 is 5.23. The first-order valence-electron chi connectivity index (χ1n) is 10.5. The second-order valence-electron chi connectivity index (χ2n) is 7.73. The first-order valence-corrected chi connectivity index (χ1v) is 10.5. The van der Waals surface area contributed by atoms with Crippen LogP contribution >= 0.6 is 24.0 Å². The van der Waals surface area contributed by atoms with Crippen molar-refractivity contribution < 1.29 is 4.74 Å². The van der Waals surface area contributed by atoms with Crippen LogP contribution in [0.2, 0.25) is 0 Å². The number of nitrogens with zero attached hydrogens (tertiary/aromatic N) is 3. The zero-order chi connectivity index (χ0) is 19.4. The van der Waals surface area contributed by atoms with E-state index in [0.717, 1.165) is 64.3 Å².